The highest BCUT2D eigenvalue weighted by Gasteiger charge is 2.30. The van der Waals surface area contributed by atoms with Crippen molar-refractivity contribution in [3.8, 4) is 0 Å². The van der Waals surface area contributed by atoms with Crippen molar-refractivity contribution >= 4 is 22.0 Å². The summed E-state index contributed by atoms with van der Waals surface area (Å²) in [5.41, 5.74) is 4.66. The number of carbonyl (C=O) groups is 1. The van der Waals surface area contributed by atoms with Crippen LogP contribution in [0.1, 0.15) is 32.3 Å². The minimum atomic E-state index is -0.938. The van der Waals surface area contributed by atoms with Gasteiger partial charge in [0.15, 0.2) is 0 Å². The number of ether oxygens (including phenoxy) is 1. The van der Waals surface area contributed by atoms with Gasteiger partial charge in [-0.25, -0.2) is 13.6 Å². The largest absolute Gasteiger partial charge is 0.449 e. The molecule has 0 bridgehead atoms. The second kappa shape index (κ2) is 5.86. The molecule has 0 saturated carbocycles. The van der Waals surface area contributed by atoms with E-state index in [4.69, 9.17) is 10.5 Å². The highest BCUT2D eigenvalue weighted by molar-refractivity contribution is 9.10. The highest BCUT2D eigenvalue weighted by atomic mass is 79.9. The molecule has 0 spiro atoms. The zero-order valence-corrected chi connectivity index (χ0v) is 12.6. The van der Waals surface area contributed by atoms with Gasteiger partial charge in [0, 0.05) is 5.92 Å². The summed E-state index contributed by atoms with van der Waals surface area (Å²) < 4.78 is 32.3. The van der Waals surface area contributed by atoms with Gasteiger partial charge in [-0.05, 0) is 39.0 Å². The molecule has 0 saturated heterocycles. The highest BCUT2D eigenvalue weighted by Crippen LogP contribution is 2.37. The molecule has 1 atom stereocenters. The number of carbonyl (C=O) groups excluding carboxylic acids is 1. The van der Waals surface area contributed by atoms with Gasteiger partial charge >= 0.3 is 6.09 Å². The monoisotopic (exact) mass is 335 g/mol. The number of hydrogen-bond acceptors (Lipinski definition) is 2. The van der Waals surface area contributed by atoms with Crippen LogP contribution in [0.25, 0.3) is 0 Å². The predicted molar refractivity (Wildman–Crippen MR) is 71.8 cm³/mol. The third kappa shape index (κ3) is 4.16. The average molecular weight is 336 g/mol. The van der Waals surface area contributed by atoms with E-state index < -0.39 is 29.1 Å². The summed E-state index contributed by atoms with van der Waals surface area (Å²) >= 11 is 2.92. The average Bonchev–Trinajstić information content (AvgIpc) is 2.23. The lowest BCUT2D eigenvalue weighted by molar-refractivity contribution is 0.124. The maximum atomic E-state index is 14.0. The SMILES string of the molecule is CC(C)(C)C(COC(N)=O)c1cc(F)c(Br)cc1F. The molecule has 1 aromatic carbocycles. The number of halogens is 3. The lowest BCUT2D eigenvalue weighted by Crippen LogP contribution is -2.27. The molecule has 0 radical (unpaired) electrons. The van der Waals surface area contributed by atoms with Crippen LogP contribution in [0.15, 0.2) is 16.6 Å². The normalized spacial score (nSPS) is 13.2. The molecule has 0 heterocycles. The minimum absolute atomic E-state index is 0.0530. The summed E-state index contributed by atoms with van der Waals surface area (Å²) in [6, 6.07) is 2.17. The molecule has 1 rings (SSSR count). The van der Waals surface area contributed by atoms with E-state index in [1.54, 1.807) is 0 Å². The van der Waals surface area contributed by atoms with Crippen molar-refractivity contribution in [3.63, 3.8) is 0 Å². The number of amides is 1. The second-order valence-corrected chi connectivity index (χ2v) is 6.19. The van der Waals surface area contributed by atoms with Crippen LogP contribution in [0, 0.1) is 17.0 Å². The fraction of sp³-hybridized carbons (Fsp3) is 0.462. The van der Waals surface area contributed by atoms with Crippen molar-refractivity contribution in [1.82, 2.24) is 0 Å². The molecule has 1 unspecified atom stereocenters. The van der Waals surface area contributed by atoms with Gasteiger partial charge in [0.05, 0.1) is 4.47 Å². The molecule has 0 aliphatic heterocycles. The molecule has 3 nitrogen and oxygen atoms in total. The van der Waals surface area contributed by atoms with Gasteiger partial charge in [-0.3, -0.25) is 0 Å². The lowest BCUT2D eigenvalue weighted by atomic mass is 9.77. The Morgan fingerprint density at radius 2 is 1.95 bits per heavy atom. The number of benzene rings is 1. The maximum absolute atomic E-state index is 14.0. The first-order chi connectivity index (χ1) is 8.62. The molecule has 0 aliphatic carbocycles. The Morgan fingerprint density at radius 1 is 1.37 bits per heavy atom. The Kier molecular flexibility index (Phi) is 4.90. The Balaban J connectivity index is 3.18. The Morgan fingerprint density at radius 3 is 2.42 bits per heavy atom. The van der Waals surface area contributed by atoms with Crippen molar-refractivity contribution in [2.75, 3.05) is 6.61 Å². The molecule has 6 heteroatoms. The third-order valence-corrected chi connectivity index (χ3v) is 3.46. The van der Waals surface area contributed by atoms with E-state index >= 15 is 0 Å². The van der Waals surface area contributed by atoms with Gasteiger partial charge in [0.2, 0.25) is 0 Å². The molecular weight excluding hydrogens is 320 g/mol. The van der Waals surface area contributed by atoms with Crippen LogP contribution in [-0.2, 0) is 4.74 Å². The van der Waals surface area contributed by atoms with Crippen molar-refractivity contribution in [2.45, 2.75) is 26.7 Å². The number of rotatable bonds is 3. The molecule has 2 N–H and O–H groups in total. The molecule has 1 amide bonds. The number of nitrogens with two attached hydrogens (primary N) is 1. The van der Waals surface area contributed by atoms with Crippen molar-refractivity contribution < 1.29 is 18.3 Å². The smallest absolute Gasteiger partial charge is 0.404 e. The van der Waals surface area contributed by atoms with E-state index in [2.05, 4.69) is 15.9 Å². The van der Waals surface area contributed by atoms with E-state index in [1.807, 2.05) is 20.8 Å². The van der Waals surface area contributed by atoms with Gasteiger partial charge in [-0.2, -0.15) is 0 Å². The first-order valence-corrected chi connectivity index (χ1v) is 6.49. The quantitative estimate of drug-likeness (QED) is 0.850. The van der Waals surface area contributed by atoms with Crippen molar-refractivity contribution in [3.05, 3.63) is 33.8 Å². The van der Waals surface area contributed by atoms with Crippen LogP contribution in [0.5, 0.6) is 0 Å². The van der Waals surface area contributed by atoms with Crippen LogP contribution in [0.4, 0.5) is 13.6 Å². The molecule has 0 aromatic heterocycles. The zero-order chi connectivity index (χ0) is 14.8. The topological polar surface area (TPSA) is 52.3 Å². The Bertz CT molecular complexity index is 486. The van der Waals surface area contributed by atoms with Crippen LogP contribution in [-0.4, -0.2) is 12.7 Å². The van der Waals surface area contributed by atoms with Crippen LogP contribution < -0.4 is 5.73 Å². The number of hydrogen-bond donors (Lipinski definition) is 1. The molecular formula is C13H16BrF2NO2. The maximum Gasteiger partial charge on any atom is 0.404 e. The summed E-state index contributed by atoms with van der Waals surface area (Å²) in [6.07, 6.45) is -0.938. The summed E-state index contributed by atoms with van der Waals surface area (Å²) in [7, 11) is 0. The van der Waals surface area contributed by atoms with Crippen molar-refractivity contribution in [2.24, 2.45) is 11.1 Å². The van der Waals surface area contributed by atoms with Gasteiger partial charge in [0.1, 0.15) is 18.2 Å². The summed E-state index contributed by atoms with van der Waals surface area (Å²) in [6.45, 7) is 5.45. The fourth-order valence-corrected chi connectivity index (χ4v) is 2.09. The van der Waals surface area contributed by atoms with E-state index in [9.17, 15) is 13.6 Å². The molecule has 0 aliphatic rings. The minimum Gasteiger partial charge on any atom is -0.449 e. The Hall–Kier alpha value is -1.17. The predicted octanol–water partition coefficient (Wildman–Crippen LogP) is 3.95. The van der Waals surface area contributed by atoms with Crippen LogP contribution in [0.2, 0.25) is 0 Å². The number of primary amides is 1. The molecule has 19 heavy (non-hydrogen) atoms. The first-order valence-electron chi connectivity index (χ1n) is 5.69. The molecule has 0 fully saturated rings. The van der Waals surface area contributed by atoms with Crippen molar-refractivity contribution in [1.29, 1.82) is 0 Å². The first kappa shape index (κ1) is 15.9. The standard InChI is InChI=1S/C13H16BrF2NO2/c1-13(2,3)8(6-19-12(17)18)7-4-11(16)9(14)5-10(7)15/h4-5,8H,6H2,1-3H3,(H2,17,18). The van der Waals surface area contributed by atoms with Gasteiger partial charge in [0.25, 0.3) is 0 Å². The lowest BCUT2D eigenvalue weighted by Gasteiger charge is -2.30. The fourth-order valence-electron chi connectivity index (χ4n) is 1.78. The zero-order valence-electron chi connectivity index (χ0n) is 11.0. The Labute approximate surface area is 119 Å². The molecule has 106 valence electrons. The van der Waals surface area contributed by atoms with E-state index in [-0.39, 0.29) is 16.6 Å². The summed E-state index contributed by atoms with van der Waals surface area (Å²) in [5.74, 6) is -1.62. The van der Waals surface area contributed by atoms with E-state index in [0.717, 1.165) is 12.1 Å². The molecule has 1 aromatic rings. The summed E-state index contributed by atoms with van der Waals surface area (Å²) in [4.78, 5) is 10.7. The van der Waals surface area contributed by atoms with Crippen LogP contribution >= 0.6 is 15.9 Å². The van der Waals surface area contributed by atoms with Gasteiger partial charge in [-0.15, -0.1) is 0 Å². The summed E-state index contributed by atoms with van der Waals surface area (Å²) in [5, 5.41) is 0. The van der Waals surface area contributed by atoms with E-state index in [1.165, 1.54) is 0 Å². The van der Waals surface area contributed by atoms with E-state index in [0.29, 0.717) is 0 Å². The van der Waals surface area contributed by atoms with Gasteiger partial charge < -0.3 is 10.5 Å². The third-order valence-electron chi connectivity index (χ3n) is 2.85. The second-order valence-electron chi connectivity index (χ2n) is 5.34. The van der Waals surface area contributed by atoms with Crippen LogP contribution in [0.3, 0.4) is 0 Å². The van der Waals surface area contributed by atoms with Gasteiger partial charge in [-0.1, -0.05) is 20.8 Å².